The second-order valence-corrected chi connectivity index (χ2v) is 7.18. The van der Waals surface area contributed by atoms with Crippen LogP contribution < -0.4 is 5.73 Å². The molecule has 124 valence electrons. The molecule has 1 heterocycles. The van der Waals surface area contributed by atoms with Crippen molar-refractivity contribution in [3.05, 3.63) is 82.1 Å². The van der Waals surface area contributed by atoms with Crippen LogP contribution in [0.4, 0.5) is 10.1 Å². The molecule has 0 bridgehead atoms. The zero-order valence-corrected chi connectivity index (χ0v) is 14.7. The van der Waals surface area contributed by atoms with Crippen LogP contribution in [0.15, 0.2) is 60.1 Å². The summed E-state index contributed by atoms with van der Waals surface area (Å²) in [4.78, 5) is 4.36. The third-order valence-electron chi connectivity index (χ3n) is 4.13. The molecule has 0 aliphatic carbocycles. The molecule has 4 aromatic rings. The van der Waals surface area contributed by atoms with E-state index in [9.17, 15) is 0 Å². The van der Waals surface area contributed by atoms with Gasteiger partial charge in [0.05, 0.1) is 15.7 Å². The molecule has 2 N–H and O–H groups in total. The maximum Gasteiger partial charge on any atom is 0.136 e. The number of nitrogens with zero attached hydrogens (tertiary/aromatic N) is 1. The molecule has 2 nitrogen and oxygen atoms in total. The van der Waals surface area contributed by atoms with E-state index in [2.05, 4.69) is 4.98 Å². The van der Waals surface area contributed by atoms with Crippen molar-refractivity contribution in [3.63, 3.8) is 0 Å². The number of fused-ring (bicyclic) bond motifs is 1. The molecule has 3 aromatic carbocycles. The Bertz CT molecular complexity index is 1060. The van der Waals surface area contributed by atoms with Gasteiger partial charge in [0, 0.05) is 22.7 Å². The highest BCUT2D eigenvalue weighted by molar-refractivity contribution is 7.16. The number of halogens is 2. The van der Waals surface area contributed by atoms with Gasteiger partial charge in [-0.25, -0.2) is 9.37 Å². The van der Waals surface area contributed by atoms with Crippen LogP contribution in [-0.2, 0) is 6.42 Å². The van der Waals surface area contributed by atoms with Gasteiger partial charge in [0.2, 0.25) is 0 Å². The summed E-state index contributed by atoms with van der Waals surface area (Å²) in [7, 11) is 0. The van der Waals surface area contributed by atoms with Crippen LogP contribution in [-0.4, -0.2) is 4.98 Å². The number of aromatic nitrogens is 1. The monoisotopic (exact) mass is 368 g/mol. The molecule has 0 aliphatic heterocycles. The first-order valence-electron chi connectivity index (χ1n) is 7.77. The maximum atomic E-state index is 15.4. The Balaban J connectivity index is 1.88. The standard InChI is InChI=1S/C20H14ClFN2S/c21-15-3-1-2-13(9-15)18-19(22)14(10-17-20(18)24-11-25-17)8-12-4-6-16(23)7-5-12/h1-7,9-11H,8,23H2. The fraction of sp³-hybridized carbons (Fsp3) is 0.0500. The van der Waals surface area contributed by atoms with Crippen LogP contribution in [0.1, 0.15) is 11.1 Å². The molecule has 5 heteroatoms. The van der Waals surface area contributed by atoms with Gasteiger partial charge < -0.3 is 5.73 Å². The maximum absolute atomic E-state index is 15.4. The summed E-state index contributed by atoms with van der Waals surface area (Å²) in [6.07, 6.45) is 0.494. The Morgan fingerprint density at radius 1 is 1.08 bits per heavy atom. The average Bonchev–Trinajstić information content (AvgIpc) is 3.05. The van der Waals surface area contributed by atoms with Crippen LogP contribution in [0.2, 0.25) is 5.02 Å². The summed E-state index contributed by atoms with van der Waals surface area (Å²) in [5.74, 6) is -0.252. The second kappa shape index (κ2) is 6.47. The Morgan fingerprint density at radius 3 is 2.64 bits per heavy atom. The third kappa shape index (κ3) is 3.11. The van der Waals surface area contributed by atoms with Crippen molar-refractivity contribution in [2.24, 2.45) is 0 Å². The van der Waals surface area contributed by atoms with Crippen LogP contribution in [0, 0.1) is 5.82 Å². The van der Waals surface area contributed by atoms with Crippen molar-refractivity contribution in [2.45, 2.75) is 6.42 Å². The predicted molar refractivity (Wildman–Crippen MR) is 104 cm³/mol. The fourth-order valence-corrected chi connectivity index (χ4v) is 3.86. The van der Waals surface area contributed by atoms with Crippen molar-refractivity contribution in [2.75, 3.05) is 5.73 Å². The molecular formula is C20H14ClFN2S. The highest BCUT2D eigenvalue weighted by Crippen LogP contribution is 2.36. The van der Waals surface area contributed by atoms with E-state index in [1.807, 2.05) is 42.5 Å². The molecule has 0 radical (unpaired) electrons. The van der Waals surface area contributed by atoms with Gasteiger partial charge in [0.25, 0.3) is 0 Å². The van der Waals surface area contributed by atoms with Crippen molar-refractivity contribution in [1.29, 1.82) is 0 Å². The third-order valence-corrected chi connectivity index (χ3v) is 5.14. The highest BCUT2D eigenvalue weighted by atomic mass is 35.5. The number of nitrogens with two attached hydrogens (primary N) is 1. The van der Waals surface area contributed by atoms with E-state index in [1.165, 1.54) is 11.3 Å². The molecule has 0 spiro atoms. The van der Waals surface area contributed by atoms with Gasteiger partial charge in [0.15, 0.2) is 0 Å². The van der Waals surface area contributed by atoms with Gasteiger partial charge in [-0.2, -0.15) is 0 Å². The first-order chi connectivity index (χ1) is 12.1. The van der Waals surface area contributed by atoms with E-state index in [0.29, 0.717) is 33.8 Å². The van der Waals surface area contributed by atoms with Crippen LogP contribution in [0.25, 0.3) is 21.3 Å². The Hall–Kier alpha value is -2.43. The molecule has 0 amide bonds. The van der Waals surface area contributed by atoms with Crippen LogP contribution in [0.3, 0.4) is 0 Å². The first-order valence-corrected chi connectivity index (χ1v) is 9.02. The normalized spacial score (nSPS) is 11.1. The summed E-state index contributed by atoms with van der Waals surface area (Å²) in [5.41, 5.74) is 11.7. The molecule has 0 aliphatic rings. The lowest BCUT2D eigenvalue weighted by molar-refractivity contribution is 0.619. The molecule has 0 unspecified atom stereocenters. The number of anilines is 1. The first kappa shape index (κ1) is 16.1. The molecule has 0 saturated heterocycles. The smallest absolute Gasteiger partial charge is 0.136 e. The van der Waals surface area contributed by atoms with Gasteiger partial charge in [0.1, 0.15) is 5.82 Å². The molecule has 25 heavy (non-hydrogen) atoms. The van der Waals surface area contributed by atoms with Crippen molar-refractivity contribution in [3.8, 4) is 11.1 Å². The van der Waals surface area contributed by atoms with Gasteiger partial charge in [-0.15, -0.1) is 11.3 Å². The quantitative estimate of drug-likeness (QED) is 0.455. The minimum Gasteiger partial charge on any atom is -0.399 e. The van der Waals surface area contributed by atoms with E-state index in [4.69, 9.17) is 17.3 Å². The predicted octanol–water partition coefficient (Wildman–Crippen LogP) is 5.93. The topological polar surface area (TPSA) is 38.9 Å². The summed E-state index contributed by atoms with van der Waals surface area (Å²) in [5, 5.41) is 0.573. The van der Waals surface area contributed by atoms with Crippen molar-refractivity contribution < 1.29 is 4.39 Å². The lowest BCUT2D eigenvalue weighted by Gasteiger charge is -2.11. The number of thiazole rings is 1. The SMILES string of the molecule is Nc1ccc(Cc2cc3scnc3c(-c3cccc(Cl)c3)c2F)cc1. The number of hydrogen-bond acceptors (Lipinski definition) is 3. The molecule has 0 fully saturated rings. The number of nitrogen functional groups attached to an aromatic ring is 1. The second-order valence-electron chi connectivity index (χ2n) is 5.85. The Labute approximate surface area is 153 Å². The zero-order chi connectivity index (χ0) is 17.4. The van der Waals surface area contributed by atoms with Gasteiger partial charge in [-0.05, 0) is 47.0 Å². The molecule has 0 atom stereocenters. The van der Waals surface area contributed by atoms with E-state index < -0.39 is 0 Å². The minimum absolute atomic E-state index is 0.252. The molecule has 0 saturated carbocycles. The van der Waals surface area contributed by atoms with Gasteiger partial charge in [-0.1, -0.05) is 35.9 Å². The average molecular weight is 369 g/mol. The minimum atomic E-state index is -0.252. The number of benzene rings is 3. The van der Waals surface area contributed by atoms with Crippen molar-refractivity contribution >= 4 is 38.8 Å². The Morgan fingerprint density at radius 2 is 1.88 bits per heavy atom. The van der Waals surface area contributed by atoms with E-state index in [0.717, 1.165) is 15.8 Å². The summed E-state index contributed by atoms with van der Waals surface area (Å²) >= 11 is 7.61. The van der Waals surface area contributed by atoms with Crippen LogP contribution in [0.5, 0.6) is 0 Å². The van der Waals surface area contributed by atoms with Crippen LogP contribution >= 0.6 is 22.9 Å². The van der Waals surface area contributed by atoms with E-state index >= 15 is 4.39 Å². The number of hydrogen-bond donors (Lipinski definition) is 1. The Kier molecular flexibility index (Phi) is 4.15. The zero-order valence-electron chi connectivity index (χ0n) is 13.2. The summed E-state index contributed by atoms with van der Waals surface area (Å²) in [6.45, 7) is 0. The fourth-order valence-electron chi connectivity index (χ4n) is 2.92. The lowest BCUT2D eigenvalue weighted by atomic mass is 9.97. The van der Waals surface area contributed by atoms with E-state index in [-0.39, 0.29) is 5.82 Å². The summed E-state index contributed by atoms with van der Waals surface area (Å²) in [6, 6.07) is 16.6. The van der Waals surface area contributed by atoms with E-state index in [1.54, 1.807) is 17.6 Å². The molecular weight excluding hydrogens is 355 g/mol. The molecule has 4 rings (SSSR count). The largest absolute Gasteiger partial charge is 0.399 e. The molecule has 1 aromatic heterocycles. The van der Waals surface area contributed by atoms with Gasteiger partial charge in [-0.3, -0.25) is 0 Å². The number of rotatable bonds is 3. The lowest BCUT2D eigenvalue weighted by Crippen LogP contribution is -1.97. The van der Waals surface area contributed by atoms with Gasteiger partial charge >= 0.3 is 0 Å². The highest BCUT2D eigenvalue weighted by Gasteiger charge is 2.17. The summed E-state index contributed by atoms with van der Waals surface area (Å²) < 4.78 is 16.3. The van der Waals surface area contributed by atoms with Crippen molar-refractivity contribution in [1.82, 2.24) is 4.98 Å².